The maximum atomic E-state index is 6.33. The van der Waals surface area contributed by atoms with Crippen molar-refractivity contribution in [2.24, 2.45) is 0 Å². The van der Waals surface area contributed by atoms with Crippen molar-refractivity contribution in [2.45, 2.75) is 98.3 Å². The SMILES string of the molecule is CCON(CCCCCC([SiH2]CNCCC[Si](OCC)(OCC)OCC)[Si](C)(OCC)OCC)OCC. The van der Waals surface area contributed by atoms with Crippen molar-refractivity contribution in [1.29, 1.82) is 0 Å². The fraction of sp³-hybridized carbons (Fsp3) is 1.00. The second kappa shape index (κ2) is 24.1. The molecule has 9 nitrogen and oxygen atoms in total. The molecule has 0 aromatic carbocycles. The Balaban J connectivity index is 4.76. The van der Waals surface area contributed by atoms with Crippen LogP contribution < -0.4 is 5.32 Å². The summed E-state index contributed by atoms with van der Waals surface area (Å²) in [7, 11) is -5.18. The Hall–Kier alpha value is 0.291. The van der Waals surface area contributed by atoms with E-state index in [0.29, 0.717) is 38.2 Å². The van der Waals surface area contributed by atoms with Gasteiger partial charge in [-0.2, -0.15) is 0 Å². The molecule has 0 aliphatic rings. The highest BCUT2D eigenvalue weighted by Gasteiger charge is 2.41. The normalized spacial score (nSPS) is 13.9. The van der Waals surface area contributed by atoms with E-state index >= 15 is 0 Å². The Bertz CT molecular complexity index is 484. The van der Waals surface area contributed by atoms with Gasteiger partial charge in [-0.15, -0.1) is 0 Å². The zero-order chi connectivity index (χ0) is 27.8. The molecule has 0 saturated heterocycles. The highest BCUT2D eigenvalue weighted by molar-refractivity contribution is 6.77. The van der Waals surface area contributed by atoms with Gasteiger partial charge in [0.15, 0.2) is 0 Å². The lowest BCUT2D eigenvalue weighted by atomic mass is 10.2. The number of hydrogen-bond donors (Lipinski definition) is 1. The summed E-state index contributed by atoms with van der Waals surface area (Å²) >= 11 is 0. The molecular weight excluding hydrogens is 525 g/mol. The average molecular weight is 585 g/mol. The van der Waals surface area contributed by atoms with Gasteiger partial charge in [-0.25, -0.2) is 0 Å². The Morgan fingerprint density at radius 3 is 1.70 bits per heavy atom. The average Bonchev–Trinajstić information content (AvgIpc) is 2.85. The molecule has 0 bridgehead atoms. The summed E-state index contributed by atoms with van der Waals surface area (Å²) in [6.07, 6.45) is 6.64. The molecule has 37 heavy (non-hydrogen) atoms. The van der Waals surface area contributed by atoms with Crippen LogP contribution in [-0.2, 0) is 31.8 Å². The molecule has 0 spiro atoms. The molecule has 0 rings (SSSR count). The quantitative estimate of drug-likeness (QED) is 0.0819. The number of nitrogens with one attached hydrogen (secondary N) is 1. The second-order valence-corrected chi connectivity index (χ2v) is 18.0. The van der Waals surface area contributed by atoms with Gasteiger partial charge < -0.3 is 27.4 Å². The Morgan fingerprint density at radius 1 is 0.676 bits per heavy atom. The maximum Gasteiger partial charge on any atom is 0.500 e. The standard InChI is InChI=1S/C25H60N2O7Si3/c1-9-28-27(29-10-2)22-18-16-17-20-25(36(8,30-11-3)31-12-4)35-24-26-21-19-23-37(32-13-5,33-14-6)34-15-7/h25-26H,9-24,35H2,1-8H3. The molecule has 12 heteroatoms. The van der Waals surface area contributed by atoms with Gasteiger partial charge in [0, 0.05) is 48.6 Å². The number of nitrogens with zero attached hydrogens (tertiary/aromatic N) is 1. The zero-order valence-corrected chi connectivity index (χ0v) is 28.8. The third-order valence-electron chi connectivity index (χ3n) is 6.14. The van der Waals surface area contributed by atoms with E-state index in [1.807, 2.05) is 34.6 Å². The van der Waals surface area contributed by atoms with E-state index in [9.17, 15) is 0 Å². The minimum atomic E-state index is -2.56. The van der Waals surface area contributed by atoms with E-state index in [1.165, 1.54) is 12.8 Å². The van der Waals surface area contributed by atoms with E-state index in [4.69, 9.17) is 31.8 Å². The van der Waals surface area contributed by atoms with Gasteiger partial charge in [-0.05, 0) is 85.7 Å². The summed E-state index contributed by atoms with van der Waals surface area (Å²) in [6, 6.07) is 0.853. The highest BCUT2D eigenvalue weighted by Crippen LogP contribution is 2.29. The highest BCUT2D eigenvalue weighted by atomic mass is 28.4. The van der Waals surface area contributed by atoms with Gasteiger partial charge in [0.25, 0.3) is 0 Å². The molecule has 0 aliphatic carbocycles. The topological polar surface area (TPSA) is 79.9 Å². The lowest BCUT2D eigenvalue weighted by Gasteiger charge is -2.34. The van der Waals surface area contributed by atoms with Crippen LogP contribution in [0, 0.1) is 0 Å². The molecule has 1 atom stereocenters. The largest absolute Gasteiger partial charge is 0.500 e. The lowest BCUT2D eigenvalue weighted by molar-refractivity contribution is -0.364. The van der Waals surface area contributed by atoms with E-state index in [0.717, 1.165) is 57.8 Å². The number of hydroxylamine groups is 2. The first-order valence-corrected chi connectivity index (χ1v) is 21.0. The third kappa shape index (κ3) is 16.9. The van der Waals surface area contributed by atoms with E-state index in [1.54, 1.807) is 5.23 Å². The van der Waals surface area contributed by atoms with Gasteiger partial charge in [0.2, 0.25) is 0 Å². The summed E-state index contributed by atoms with van der Waals surface area (Å²) in [6.45, 7) is 22.8. The number of unbranched alkanes of at least 4 members (excludes halogenated alkanes) is 2. The number of rotatable bonds is 28. The lowest BCUT2D eigenvalue weighted by Crippen LogP contribution is -2.48. The molecule has 0 aromatic rings. The summed E-state index contributed by atoms with van der Waals surface area (Å²) in [4.78, 5) is 11.1. The Labute approximate surface area is 232 Å². The summed E-state index contributed by atoms with van der Waals surface area (Å²) in [5.41, 5.74) is 0. The Morgan fingerprint density at radius 2 is 1.22 bits per heavy atom. The minimum Gasteiger partial charge on any atom is -0.395 e. The van der Waals surface area contributed by atoms with Crippen molar-refractivity contribution in [3.63, 3.8) is 0 Å². The number of hydrogen-bond acceptors (Lipinski definition) is 9. The van der Waals surface area contributed by atoms with E-state index < -0.39 is 26.9 Å². The monoisotopic (exact) mass is 584 g/mol. The predicted octanol–water partition coefficient (Wildman–Crippen LogP) is 4.38. The van der Waals surface area contributed by atoms with E-state index in [2.05, 4.69) is 25.7 Å². The van der Waals surface area contributed by atoms with Gasteiger partial charge in [0.1, 0.15) is 0 Å². The van der Waals surface area contributed by atoms with Crippen LogP contribution in [0.2, 0.25) is 17.8 Å². The molecule has 0 radical (unpaired) electrons. The predicted molar refractivity (Wildman–Crippen MR) is 159 cm³/mol. The second-order valence-electron chi connectivity index (χ2n) is 8.94. The van der Waals surface area contributed by atoms with Crippen LogP contribution in [0.3, 0.4) is 0 Å². The van der Waals surface area contributed by atoms with Crippen molar-refractivity contribution < 1.29 is 31.8 Å². The fourth-order valence-corrected chi connectivity index (χ4v) is 14.3. The smallest absolute Gasteiger partial charge is 0.395 e. The van der Waals surface area contributed by atoms with Gasteiger partial charge in [-0.3, -0.25) is 9.68 Å². The van der Waals surface area contributed by atoms with Crippen LogP contribution in [-0.4, -0.2) is 97.6 Å². The van der Waals surface area contributed by atoms with Crippen molar-refractivity contribution in [2.75, 3.05) is 65.5 Å². The van der Waals surface area contributed by atoms with Gasteiger partial charge in [-0.1, -0.05) is 24.5 Å². The molecule has 0 saturated carbocycles. The molecule has 0 aromatic heterocycles. The molecule has 0 aliphatic heterocycles. The summed E-state index contributed by atoms with van der Waals surface area (Å²) in [5, 5.41) is 5.92. The van der Waals surface area contributed by atoms with Crippen LogP contribution in [0.25, 0.3) is 0 Å². The van der Waals surface area contributed by atoms with Crippen molar-refractivity contribution in [3.8, 4) is 0 Å². The zero-order valence-electron chi connectivity index (χ0n) is 25.4. The van der Waals surface area contributed by atoms with Crippen LogP contribution in [0.1, 0.15) is 80.6 Å². The summed E-state index contributed by atoms with van der Waals surface area (Å²) < 4.78 is 30.6. The molecule has 0 heterocycles. The van der Waals surface area contributed by atoms with Gasteiger partial charge >= 0.3 is 17.4 Å². The van der Waals surface area contributed by atoms with Crippen LogP contribution in [0.5, 0.6) is 0 Å². The third-order valence-corrected chi connectivity index (χ3v) is 17.6. The first kappa shape index (κ1) is 37.3. The van der Waals surface area contributed by atoms with Crippen LogP contribution in [0.4, 0.5) is 0 Å². The first-order valence-electron chi connectivity index (χ1n) is 14.8. The first-order chi connectivity index (χ1) is 17.9. The van der Waals surface area contributed by atoms with Crippen LogP contribution >= 0.6 is 0 Å². The minimum absolute atomic E-state index is 0.418. The molecule has 1 N–H and O–H groups in total. The fourth-order valence-electron chi connectivity index (χ4n) is 4.61. The molecular formula is C25H60N2O7Si3. The van der Waals surface area contributed by atoms with E-state index in [-0.39, 0.29) is 0 Å². The van der Waals surface area contributed by atoms with Crippen molar-refractivity contribution in [1.82, 2.24) is 10.5 Å². The molecule has 224 valence electrons. The van der Waals surface area contributed by atoms with Crippen LogP contribution in [0.15, 0.2) is 0 Å². The molecule has 0 fully saturated rings. The van der Waals surface area contributed by atoms with Crippen molar-refractivity contribution in [3.05, 3.63) is 0 Å². The van der Waals surface area contributed by atoms with Gasteiger partial charge in [0.05, 0.1) is 19.8 Å². The maximum absolute atomic E-state index is 6.33. The Kier molecular flexibility index (Phi) is 24.3. The van der Waals surface area contributed by atoms with Crippen molar-refractivity contribution >= 4 is 26.9 Å². The summed E-state index contributed by atoms with van der Waals surface area (Å²) in [5.74, 6) is 0. The molecule has 1 unspecified atom stereocenters. The molecule has 0 amide bonds.